The van der Waals surface area contributed by atoms with Crippen molar-refractivity contribution in [1.82, 2.24) is 39.8 Å². The molecule has 4 aromatic heterocycles. The zero-order chi connectivity index (χ0) is 25.5. The number of halogens is 2. The number of fused-ring (bicyclic) bond motifs is 1. The molecule has 13 heteroatoms. The summed E-state index contributed by atoms with van der Waals surface area (Å²) in [5, 5.41) is 22.9. The van der Waals surface area contributed by atoms with Crippen LogP contribution in [0.2, 0.25) is 4.34 Å². The highest BCUT2D eigenvalue weighted by Crippen LogP contribution is 2.37. The van der Waals surface area contributed by atoms with Gasteiger partial charge in [-0.3, -0.25) is 4.79 Å². The van der Waals surface area contributed by atoms with E-state index in [1.54, 1.807) is 42.9 Å². The van der Waals surface area contributed by atoms with Crippen molar-refractivity contribution in [1.29, 1.82) is 0 Å². The van der Waals surface area contributed by atoms with E-state index in [4.69, 9.17) is 16.6 Å². The molecule has 188 valence electrons. The summed E-state index contributed by atoms with van der Waals surface area (Å²) in [6.07, 6.45) is 7.00. The highest BCUT2D eigenvalue weighted by molar-refractivity contribution is 7.17. The molecule has 1 saturated carbocycles. The molecule has 3 atom stereocenters. The van der Waals surface area contributed by atoms with Crippen LogP contribution in [-0.2, 0) is 0 Å². The maximum absolute atomic E-state index is 15.0. The van der Waals surface area contributed by atoms with Crippen molar-refractivity contribution < 1.29 is 14.3 Å². The smallest absolute Gasteiger partial charge is 0.280 e. The molecule has 0 saturated heterocycles. The van der Waals surface area contributed by atoms with Gasteiger partial charge >= 0.3 is 0 Å². The Labute approximate surface area is 218 Å². The zero-order valence-electron chi connectivity index (χ0n) is 19.2. The van der Waals surface area contributed by atoms with Crippen LogP contribution < -0.4 is 5.32 Å². The number of nitrogens with one attached hydrogen (secondary N) is 1. The third-order valence-electron chi connectivity index (χ3n) is 6.44. The summed E-state index contributed by atoms with van der Waals surface area (Å²) in [6, 6.07) is 7.08. The van der Waals surface area contributed by atoms with E-state index in [2.05, 4.69) is 25.5 Å². The minimum atomic E-state index is -0.976. The number of carbonyl (C=O) groups excluding carboxylic acids is 1. The number of rotatable bonds is 5. The average Bonchev–Trinajstić information content (AvgIpc) is 3.65. The summed E-state index contributed by atoms with van der Waals surface area (Å²) in [7, 11) is 0. The van der Waals surface area contributed by atoms with Crippen LogP contribution in [0.15, 0.2) is 55.1 Å². The van der Waals surface area contributed by atoms with Crippen LogP contribution in [0.3, 0.4) is 0 Å². The van der Waals surface area contributed by atoms with Crippen molar-refractivity contribution in [2.45, 2.75) is 37.5 Å². The number of hydrogen-bond acceptors (Lipinski definition) is 8. The minimum Gasteiger partial charge on any atom is -0.389 e. The molecule has 5 aromatic rings. The van der Waals surface area contributed by atoms with Gasteiger partial charge in [-0.05, 0) is 31.4 Å². The number of aliphatic hydroxyl groups excluding tert-OH is 1. The number of pyridine rings is 1. The minimum absolute atomic E-state index is 0.224. The zero-order valence-corrected chi connectivity index (χ0v) is 20.8. The van der Waals surface area contributed by atoms with Gasteiger partial charge < -0.3 is 15.0 Å². The Morgan fingerprint density at radius 3 is 2.73 bits per heavy atom. The normalized spacial score (nSPS) is 19.8. The van der Waals surface area contributed by atoms with E-state index < -0.39 is 29.9 Å². The van der Waals surface area contributed by atoms with E-state index in [9.17, 15) is 14.3 Å². The summed E-state index contributed by atoms with van der Waals surface area (Å²) in [5.74, 6) is -0.0165. The van der Waals surface area contributed by atoms with Gasteiger partial charge in [-0.15, -0.1) is 4.80 Å². The van der Waals surface area contributed by atoms with Gasteiger partial charge in [-0.25, -0.2) is 19.3 Å². The Morgan fingerprint density at radius 2 is 1.97 bits per heavy atom. The lowest BCUT2D eigenvalue weighted by molar-refractivity contribution is 0.0417. The molecule has 0 radical (unpaired) electrons. The van der Waals surface area contributed by atoms with Crippen molar-refractivity contribution in [2.24, 2.45) is 0 Å². The lowest BCUT2D eigenvalue weighted by Gasteiger charge is -2.36. The maximum Gasteiger partial charge on any atom is 0.280 e. The Bertz CT molecular complexity index is 1590. The fraction of sp³-hybridized carbons (Fsp3) is 0.250. The van der Waals surface area contributed by atoms with Gasteiger partial charge in [0.05, 0.1) is 54.1 Å². The molecule has 1 aromatic carbocycles. The summed E-state index contributed by atoms with van der Waals surface area (Å²) in [4.78, 5) is 27.3. The van der Waals surface area contributed by atoms with Crippen molar-refractivity contribution in [2.75, 3.05) is 0 Å². The van der Waals surface area contributed by atoms with Crippen molar-refractivity contribution in [3.05, 3.63) is 70.3 Å². The SMILES string of the molecule is O=C(NC1CCCC(n2c(-c3ccccc3F)nc3cnc(-n4nccn4)cc32)C1O)c1ncc(Cl)s1. The maximum atomic E-state index is 15.0. The topological polar surface area (TPSA) is 124 Å². The quantitative estimate of drug-likeness (QED) is 0.348. The number of benzene rings is 1. The first-order chi connectivity index (χ1) is 18.0. The van der Waals surface area contributed by atoms with Gasteiger partial charge in [0.15, 0.2) is 10.8 Å². The fourth-order valence-corrected chi connectivity index (χ4v) is 5.60. The molecule has 10 nitrogen and oxygen atoms in total. The molecule has 0 spiro atoms. The summed E-state index contributed by atoms with van der Waals surface area (Å²) in [5.41, 5.74) is 1.47. The van der Waals surface area contributed by atoms with Gasteiger partial charge in [-0.1, -0.05) is 35.1 Å². The Balaban J connectivity index is 1.44. The average molecular weight is 539 g/mol. The van der Waals surface area contributed by atoms with E-state index in [0.29, 0.717) is 45.4 Å². The predicted molar refractivity (Wildman–Crippen MR) is 135 cm³/mol. The molecule has 37 heavy (non-hydrogen) atoms. The van der Waals surface area contributed by atoms with Crippen LogP contribution in [-0.4, -0.2) is 57.7 Å². The predicted octanol–water partition coefficient (Wildman–Crippen LogP) is 3.81. The first-order valence-corrected chi connectivity index (χ1v) is 12.8. The Kier molecular flexibility index (Phi) is 6.14. The first-order valence-electron chi connectivity index (χ1n) is 11.6. The van der Waals surface area contributed by atoms with Gasteiger partial charge in [-0.2, -0.15) is 10.2 Å². The molecular weight excluding hydrogens is 519 g/mol. The standard InChI is InChI=1S/C24H20ClFN8O2S/c25-19-12-28-24(37-19)23(36)32-15-6-3-7-17(21(15)35)33-18-10-20(34-29-8-9-30-34)27-11-16(18)31-22(33)13-4-1-2-5-14(13)26/h1-2,4-5,8-12,15,17,21,35H,3,6-7H2,(H,32,36). The second-order valence-corrected chi connectivity index (χ2v) is 10.3. The summed E-state index contributed by atoms with van der Waals surface area (Å²) < 4.78 is 17.2. The number of hydrogen-bond donors (Lipinski definition) is 2. The third kappa shape index (κ3) is 4.37. The molecule has 1 aliphatic rings. The van der Waals surface area contributed by atoms with E-state index >= 15 is 0 Å². The highest BCUT2D eigenvalue weighted by atomic mass is 35.5. The molecule has 0 aliphatic heterocycles. The molecule has 1 aliphatic carbocycles. The molecule has 1 fully saturated rings. The number of nitrogens with zero attached hydrogens (tertiary/aromatic N) is 7. The number of thiazole rings is 1. The first kappa shape index (κ1) is 23.6. The number of aromatic nitrogens is 7. The molecule has 0 bridgehead atoms. The second kappa shape index (κ2) is 9.61. The Hall–Kier alpha value is -3.74. The number of amides is 1. The molecule has 2 N–H and O–H groups in total. The van der Waals surface area contributed by atoms with E-state index in [1.165, 1.54) is 17.1 Å². The van der Waals surface area contributed by atoms with Crippen molar-refractivity contribution >= 4 is 39.9 Å². The number of imidazole rings is 1. The number of aliphatic hydroxyl groups is 1. The largest absolute Gasteiger partial charge is 0.389 e. The van der Waals surface area contributed by atoms with Crippen LogP contribution in [0.25, 0.3) is 28.2 Å². The fourth-order valence-electron chi connectivity index (χ4n) is 4.79. The number of carbonyl (C=O) groups is 1. The lowest BCUT2D eigenvalue weighted by atomic mass is 9.87. The van der Waals surface area contributed by atoms with Gasteiger partial charge in [0.2, 0.25) is 0 Å². The molecular formula is C24H20ClFN8O2S. The van der Waals surface area contributed by atoms with Gasteiger partial charge in [0.25, 0.3) is 5.91 Å². The van der Waals surface area contributed by atoms with Gasteiger partial charge in [0, 0.05) is 6.07 Å². The van der Waals surface area contributed by atoms with E-state index in [0.717, 1.165) is 17.8 Å². The Morgan fingerprint density at radius 1 is 1.16 bits per heavy atom. The third-order valence-corrected chi connectivity index (χ3v) is 7.55. The monoisotopic (exact) mass is 538 g/mol. The summed E-state index contributed by atoms with van der Waals surface area (Å²) >= 11 is 7.00. The van der Waals surface area contributed by atoms with E-state index in [1.807, 2.05) is 4.57 Å². The second-order valence-electron chi connectivity index (χ2n) is 8.67. The molecule has 6 rings (SSSR count). The molecule has 1 amide bonds. The molecule has 3 unspecified atom stereocenters. The van der Waals surface area contributed by atoms with Crippen LogP contribution in [0.1, 0.15) is 35.1 Å². The van der Waals surface area contributed by atoms with Gasteiger partial charge in [0.1, 0.15) is 21.5 Å². The molecule has 4 heterocycles. The van der Waals surface area contributed by atoms with Crippen molar-refractivity contribution in [3.8, 4) is 17.2 Å². The van der Waals surface area contributed by atoms with Crippen LogP contribution in [0.4, 0.5) is 4.39 Å². The van der Waals surface area contributed by atoms with Crippen LogP contribution in [0, 0.1) is 5.82 Å². The highest BCUT2D eigenvalue weighted by Gasteiger charge is 2.37. The van der Waals surface area contributed by atoms with Crippen LogP contribution >= 0.6 is 22.9 Å². The lowest BCUT2D eigenvalue weighted by Crippen LogP contribution is -2.49. The van der Waals surface area contributed by atoms with E-state index in [-0.39, 0.29) is 5.01 Å². The van der Waals surface area contributed by atoms with Crippen molar-refractivity contribution in [3.63, 3.8) is 0 Å². The summed E-state index contributed by atoms with van der Waals surface area (Å²) in [6.45, 7) is 0. The van der Waals surface area contributed by atoms with Crippen LogP contribution in [0.5, 0.6) is 0 Å².